The number of anilines is 2. The van der Waals surface area contributed by atoms with Crippen LogP contribution in [0.4, 0.5) is 16.2 Å². The number of benzene rings is 2. The minimum absolute atomic E-state index is 0.190. The molecular formula is C20H25N3O5. The Labute approximate surface area is 164 Å². The molecule has 0 radical (unpaired) electrons. The predicted molar refractivity (Wildman–Crippen MR) is 105 cm³/mol. The average molecular weight is 387 g/mol. The molecule has 150 valence electrons. The highest BCUT2D eigenvalue weighted by Crippen LogP contribution is 2.24. The quantitative estimate of drug-likeness (QED) is 0.482. The van der Waals surface area contributed by atoms with Gasteiger partial charge in [0, 0.05) is 7.11 Å². The van der Waals surface area contributed by atoms with Crippen LogP contribution < -0.4 is 15.8 Å². The Bertz CT molecular complexity index is 673. The van der Waals surface area contributed by atoms with Crippen LogP contribution in [-0.2, 0) is 19.0 Å². The van der Waals surface area contributed by atoms with E-state index in [4.69, 9.17) is 14.2 Å². The Morgan fingerprint density at radius 1 is 0.786 bits per heavy atom. The Balaban J connectivity index is 1.81. The summed E-state index contributed by atoms with van der Waals surface area (Å²) in [5.74, 6) is -0.466. The molecule has 8 heteroatoms. The Hall–Kier alpha value is -2.94. The molecule has 28 heavy (non-hydrogen) atoms. The van der Waals surface area contributed by atoms with E-state index in [0.717, 1.165) is 0 Å². The highest BCUT2D eigenvalue weighted by molar-refractivity contribution is 6.00. The highest BCUT2D eigenvalue weighted by Gasteiger charge is 2.18. The zero-order valence-corrected chi connectivity index (χ0v) is 15.8. The lowest BCUT2D eigenvalue weighted by molar-refractivity contribution is -0.127. The van der Waals surface area contributed by atoms with E-state index in [1.165, 1.54) is 4.90 Å². The molecule has 0 aliphatic rings. The maximum absolute atomic E-state index is 12.7. The minimum Gasteiger partial charge on any atom is -0.382 e. The summed E-state index contributed by atoms with van der Waals surface area (Å²) in [6.45, 7) is 1.41. The lowest BCUT2D eigenvalue weighted by Gasteiger charge is -2.23. The van der Waals surface area contributed by atoms with Gasteiger partial charge in [0.2, 0.25) is 0 Å². The summed E-state index contributed by atoms with van der Waals surface area (Å²) < 4.78 is 15.3. The molecule has 0 bridgehead atoms. The molecule has 0 spiro atoms. The molecule has 2 N–H and O–H groups in total. The SMILES string of the molecule is COCCOCCOCC(=O)NNC(=O)N(c1ccccc1)c1ccccc1. The van der Waals surface area contributed by atoms with Gasteiger partial charge < -0.3 is 14.2 Å². The van der Waals surface area contributed by atoms with Gasteiger partial charge in [-0.3, -0.25) is 15.1 Å². The molecular weight excluding hydrogens is 362 g/mol. The van der Waals surface area contributed by atoms with Crippen LogP contribution in [0.1, 0.15) is 0 Å². The van der Waals surface area contributed by atoms with Crippen molar-refractivity contribution in [2.24, 2.45) is 0 Å². The van der Waals surface area contributed by atoms with E-state index in [2.05, 4.69) is 10.9 Å². The van der Waals surface area contributed by atoms with Gasteiger partial charge in [-0.15, -0.1) is 0 Å². The number of ether oxygens (including phenoxy) is 3. The maximum atomic E-state index is 12.7. The molecule has 8 nitrogen and oxygen atoms in total. The van der Waals surface area contributed by atoms with Crippen molar-refractivity contribution in [3.05, 3.63) is 60.7 Å². The number of nitrogens with zero attached hydrogens (tertiary/aromatic N) is 1. The number of carbonyl (C=O) groups is 2. The van der Waals surface area contributed by atoms with Crippen LogP contribution in [0.5, 0.6) is 0 Å². The number of carbonyl (C=O) groups excluding carboxylic acids is 2. The van der Waals surface area contributed by atoms with Gasteiger partial charge >= 0.3 is 6.03 Å². The summed E-state index contributed by atoms with van der Waals surface area (Å²) in [6.07, 6.45) is 0. The summed E-state index contributed by atoms with van der Waals surface area (Å²) >= 11 is 0. The van der Waals surface area contributed by atoms with Crippen molar-refractivity contribution in [2.45, 2.75) is 0 Å². The third-order valence-electron chi connectivity index (χ3n) is 3.58. The van der Waals surface area contributed by atoms with Crippen molar-refractivity contribution >= 4 is 23.3 Å². The summed E-state index contributed by atoms with van der Waals surface area (Å²) in [7, 11) is 1.59. The molecule has 3 amide bonds. The number of amides is 3. The van der Waals surface area contributed by atoms with Crippen molar-refractivity contribution in [3.8, 4) is 0 Å². The predicted octanol–water partition coefficient (Wildman–Crippen LogP) is 2.25. The number of hydrogen-bond donors (Lipinski definition) is 2. The lowest BCUT2D eigenvalue weighted by atomic mass is 10.2. The van der Waals surface area contributed by atoms with Crippen LogP contribution in [0.3, 0.4) is 0 Å². The zero-order valence-electron chi connectivity index (χ0n) is 15.8. The summed E-state index contributed by atoms with van der Waals surface area (Å²) in [5.41, 5.74) is 6.10. The fourth-order valence-electron chi connectivity index (χ4n) is 2.28. The molecule has 0 heterocycles. The molecule has 0 unspecified atom stereocenters. The number of methoxy groups -OCH3 is 1. The van der Waals surface area contributed by atoms with E-state index >= 15 is 0 Å². The molecule has 2 aromatic carbocycles. The van der Waals surface area contributed by atoms with E-state index in [1.807, 2.05) is 36.4 Å². The van der Waals surface area contributed by atoms with Crippen LogP contribution in [-0.4, -0.2) is 52.1 Å². The molecule has 2 aromatic rings. The molecule has 0 saturated carbocycles. The molecule has 0 atom stereocenters. The van der Waals surface area contributed by atoms with Gasteiger partial charge in [-0.1, -0.05) is 36.4 Å². The molecule has 0 aromatic heterocycles. The summed E-state index contributed by atoms with van der Waals surface area (Å²) in [4.78, 5) is 26.0. The first kappa shape index (κ1) is 21.4. The lowest BCUT2D eigenvalue weighted by Crippen LogP contribution is -2.48. The summed E-state index contributed by atoms with van der Waals surface area (Å²) in [6, 6.07) is 17.8. The standard InChI is InChI=1S/C20H25N3O5/c1-26-12-13-27-14-15-28-16-19(24)21-22-20(25)23(17-8-4-2-5-9-17)18-10-6-3-7-11-18/h2-11H,12-16H2,1H3,(H,21,24)(H,22,25). The van der Waals surface area contributed by atoms with Gasteiger partial charge in [0.15, 0.2) is 0 Å². The summed E-state index contributed by atoms with van der Waals surface area (Å²) in [5, 5.41) is 0. The number of hydrazine groups is 1. The third-order valence-corrected chi connectivity index (χ3v) is 3.58. The average Bonchev–Trinajstić information content (AvgIpc) is 2.73. The van der Waals surface area contributed by atoms with Gasteiger partial charge in [-0.2, -0.15) is 0 Å². The fourth-order valence-corrected chi connectivity index (χ4v) is 2.28. The van der Waals surface area contributed by atoms with Crippen molar-refractivity contribution in [1.29, 1.82) is 0 Å². The van der Waals surface area contributed by atoms with Gasteiger partial charge in [0.25, 0.3) is 5.91 Å². The van der Waals surface area contributed by atoms with Crippen molar-refractivity contribution < 1.29 is 23.8 Å². The first-order valence-corrected chi connectivity index (χ1v) is 8.86. The first-order valence-electron chi connectivity index (χ1n) is 8.86. The second-order valence-corrected chi connectivity index (χ2v) is 5.64. The van der Waals surface area contributed by atoms with E-state index in [-0.39, 0.29) is 13.2 Å². The monoisotopic (exact) mass is 387 g/mol. The number of para-hydroxylation sites is 2. The molecule has 2 rings (SSSR count). The van der Waals surface area contributed by atoms with Crippen LogP contribution in [0, 0.1) is 0 Å². The number of urea groups is 1. The largest absolute Gasteiger partial charge is 0.382 e. The first-order chi connectivity index (χ1) is 13.7. The Morgan fingerprint density at radius 2 is 1.32 bits per heavy atom. The second kappa shape index (κ2) is 12.4. The Morgan fingerprint density at radius 3 is 1.89 bits per heavy atom. The van der Waals surface area contributed by atoms with E-state index < -0.39 is 11.9 Å². The highest BCUT2D eigenvalue weighted by atomic mass is 16.5. The van der Waals surface area contributed by atoms with Crippen molar-refractivity contribution in [3.63, 3.8) is 0 Å². The van der Waals surface area contributed by atoms with Gasteiger partial charge in [0.1, 0.15) is 6.61 Å². The van der Waals surface area contributed by atoms with E-state index in [1.54, 1.807) is 31.4 Å². The number of rotatable bonds is 10. The molecule has 0 fully saturated rings. The van der Waals surface area contributed by atoms with Crippen LogP contribution in [0.15, 0.2) is 60.7 Å². The topological polar surface area (TPSA) is 89.1 Å². The fraction of sp³-hybridized carbons (Fsp3) is 0.300. The third kappa shape index (κ3) is 7.36. The van der Waals surface area contributed by atoms with Crippen molar-refractivity contribution in [1.82, 2.24) is 10.9 Å². The second-order valence-electron chi connectivity index (χ2n) is 5.64. The van der Waals surface area contributed by atoms with Crippen LogP contribution in [0.2, 0.25) is 0 Å². The number of nitrogens with one attached hydrogen (secondary N) is 2. The smallest absolute Gasteiger partial charge is 0.345 e. The zero-order chi connectivity index (χ0) is 20.0. The van der Waals surface area contributed by atoms with Gasteiger partial charge in [-0.25, -0.2) is 10.2 Å². The molecule has 0 aliphatic heterocycles. The number of hydrogen-bond acceptors (Lipinski definition) is 5. The van der Waals surface area contributed by atoms with Crippen molar-refractivity contribution in [2.75, 3.05) is 45.0 Å². The minimum atomic E-state index is -0.492. The molecule has 0 saturated heterocycles. The van der Waals surface area contributed by atoms with E-state index in [0.29, 0.717) is 31.2 Å². The molecule has 0 aliphatic carbocycles. The van der Waals surface area contributed by atoms with Crippen LogP contribution >= 0.6 is 0 Å². The normalized spacial score (nSPS) is 10.3. The van der Waals surface area contributed by atoms with Gasteiger partial charge in [0.05, 0.1) is 37.8 Å². The Kier molecular flexibility index (Phi) is 9.50. The van der Waals surface area contributed by atoms with Gasteiger partial charge in [-0.05, 0) is 24.3 Å². The van der Waals surface area contributed by atoms with Crippen LogP contribution in [0.25, 0.3) is 0 Å². The van der Waals surface area contributed by atoms with E-state index in [9.17, 15) is 9.59 Å². The maximum Gasteiger partial charge on any atom is 0.345 e.